The number of fused-ring (bicyclic) bond motifs is 1. The number of aromatic nitrogens is 4. The Hall–Kier alpha value is -3.61. The summed E-state index contributed by atoms with van der Waals surface area (Å²) in [6.45, 7) is 4.88. The van der Waals surface area contributed by atoms with Gasteiger partial charge < -0.3 is 14.5 Å². The topological polar surface area (TPSA) is 59.3 Å². The molecule has 0 amide bonds. The normalized spacial score (nSPS) is 16.8. The molecule has 1 atom stereocenters. The van der Waals surface area contributed by atoms with Crippen molar-refractivity contribution in [3.05, 3.63) is 67.1 Å². The van der Waals surface area contributed by atoms with Crippen LogP contribution >= 0.6 is 0 Å². The van der Waals surface area contributed by atoms with Crippen LogP contribution in [-0.2, 0) is 0 Å². The molecule has 4 aromatic rings. The van der Waals surface area contributed by atoms with Gasteiger partial charge in [0.1, 0.15) is 17.9 Å². The molecule has 1 aliphatic heterocycles. The molecule has 1 unspecified atom stereocenters. The maximum Gasteiger partial charge on any atom is 0.168 e. The maximum absolute atomic E-state index is 5.56. The highest BCUT2D eigenvalue weighted by Gasteiger charge is 2.28. The minimum Gasteiger partial charge on any atom is -0.495 e. The molecule has 0 N–H and O–H groups in total. The van der Waals surface area contributed by atoms with Gasteiger partial charge >= 0.3 is 0 Å². The zero-order valence-electron chi connectivity index (χ0n) is 17.1. The van der Waals surface area contributed by atoms with Gasteiger partial charge in [0.15, 0.2) is 5.65 Å². The van der Waals surface area contributed by atoms with E-state index in [1.165, 1.54) is 0 Å². The SMILES string of the molecule is COc1ccccc1N1CCN(c2ncnc3c2cnn3-c2ccccc2)C(C)C1. The zero-order valence-corrected chi connectivity index (χ0v) is 17.1. The van der Waals surface area contributed by atoms with Crippen LogP contribution < -0.4 is 14.5 Å². The van der Waals surface area contributed by atoms with Gasteiger partial charge in [-0.25, -0.2) is 14.6 Å². The summed E-state index contributed by atoms with van der Waals surface area (Å²) in [6, 6.07) is 18.5. The van der Waals surface area contributed by atoms with E-state index in [9.17, 15) is 0 Å². The summed E-state index contributed by atoms with van der Waals surface area (Å²) in [4.78, 5) is 13.9. The van der Waals surface area contributed by atoms with Crippen molar-refractivity contribution in [1.29, 1.82) is 0 Å². The third-order valence-corrected chi connectivity index (χ3v) is 5.67. The van der Waals surface area contributed by atoms with E-state index >= 15 is 0 Å². The highest BCUT2D eigenvalue weighted by Crippen LogP contribution is 2.32. The second-order valence-electron chi connectivity index (χ2n) is 7.49. The Bertz CT molecular complexity index is 1160. The van der Waals surface area contributed by atoms with Crippen LogP contribution in [0.1, 0.15) is 6.92 Å². The number of benzene rings is 2. The summed E-state index contributed by atoms with van der Waals surface area (Å²) < 4.78 is 7.43. The summed E-state index contributed by atoms with van der Waals surface area (Å²) in [7, 11) is 1.72. The molecule has 0 aliphatic carbocycles. The van der Waals surface area contributed by atoms with Crippen LogP contribution in [0.3, 0.4) is 0 Å². The number of methoxy groups -OCH3 is 1. The van der Waals surface area contributed by atoms with Gasteiger partial charge in [-0.3, -0.25) is 0 Å². The Morgan fingerprint density at radius 3 is 2.57 bits per heavy atom. The number of nitrogens with zero attached hydrogens (tertiary/aromatic N) is 6. The number of hydrogen-bond donors (Lipinski definition) is 0. The molecule has 0 spiro atoms. The molecular weight excluding hydrogens is 376 g/mol. The van der Waals surface area contributed by atoms with Gasteiger partial charge in [-0.1, -0.05) is 30.3 Å². The molecule has 1 fully saturated rings. The lowest BCUT2D eigenvalue weighted by Crippen LogP contribution is -2.52. The lowest BCUT2D eigenvalue weighted by atomic mass is 10.1. The maximum atomic E-state index is 5.56. The monoisotopic (exact) mass is 400 g/mol. The summed E-state index contributed by atoms with van der Waals surface area (Å²) in [5.74, 6) is 1.85. The number of piperazine rings is 1. The van der Waals surface area contributed by atoms with Gasteiger partial charge in [0.05, 0.1) is 30.1 Å². The minimum atomic E-state index is 0.279. The first-order chi connectivity index (χ1) is 14.8. The summed E-state index contributed by atoms with van der Waals surface area (Å²) in [5, 5.41) is 5.56. The third-order valence-electron chi connectivity index (χ3n) is 5.67. The van der Waals surface area contributed by atoms with E-state index in [0.29, 0.717) is 0 Å². The largest absolute Gasteiger partial charge is 0.495 e. The van der Waals surface area contributed by atoms with Crippen molar-refractivity contribution in [1.82, 2.24) is 19.7 Å². The molecule has 0 bridgehead atoms. The molecule has 30 heavy (non-hydrogen) atoms. The van der Waals surface area contributed by atoms with Crippen molar-refractivity contribution in [2.24, 2.45) is 0 Å². The number of rotatable bonds is 4. The third kappa shape index (κ3) is 3.12. The quantitative estimate of drug-likeness (QED) is 0.522. The molecule has 2 aromatic heterocycles. The minimum absolute atomic E-state index is 0.279. The standard InChI is InChI=1S/C23H24N6O/c1-17-15-27(20-10-6-7-11-21(20)30-2)12-13-28(17)22-19-14-26-29(23(19)25-16-24-22)18-8-4-3-5-9-18/h3-11,14,16-17H,12-13,15H2,1-2H3. The average molecular weight is 400 g/mol. The van der Waals surface area contributed by atoms with Crippen LogP contribution in [0.5, 0.6) is 5.75 Å². The van der Waals surface area contributed by atoms with Crippen LogP contribution in [0, 0.1) is 0 Å². The number of hydrogen-bond acceptors (Lipinski definition) is 6. The average Bonchev–Trinajstić information content (AvgIpc) is 3.24. The van der Waals surface area contributed by atoms with Gasteiger partial charge in [0, 0.05) is 25.7 Å². The summed E-state index contributed by atoms with van der Waals surface area (Å²) >= 11 is 0. The van der Waals surface area contributed by atoms with Crippen LogP contribution in [-0.4, -0.2) is 52.5 Å². The van der Waals surface area contributed by atoms with Gasteiger partial charge in [-0.15, -0.1) is 0 Å². The highest BCUT2D eigenvalue weighted by molar-refractivity contribution is 5.88. The van der Waals surface area contributed by atoms with E-state index < -0.39 is 0 Å². The predicted octanol–water partition coefficient (Wildman–Crippen LogP) is 3.54. The van der Waals surface area contributed by atoms with Gasteiger partial charge in [0.2, 0.25) is 0 Å². The van der Waals surface area contributed by atoms with Gasteiger partial charge in [-0.05, 0) is 31.2 Å². The van der Waals surface area contributed by atoms with Crippen molar-refractivity contribution in [2.45, 2.75) is 13.0 Å². The first-order valence-electron chi connectivity index (χ1n) is 10.1. The Morgan fingerprint density at radius 1 is 0.967 bits per heavy atom. The fraction of sp³-hybridized carbons (Fsp3) is 0.261. The van der Waals surface area contributed by atoms with Crippen LogP contribution in [0.15, 0.2) is 67.1 Å². The van der Waals surface area contributed by atoms with Crippen molar-refractivity contribution in [3.63, 3.8) is 0 Å². The first kappa shape index (κ1) is 18.4. The van der Waals surface area contributed by atoms with E-state index in [0.717, 1.165) is 53.6 Å². The predicted molar refractivity (Wildman–Crippen MR) is 119 cm³/mol. The molecule has 1 aliphatic rings. The lowest BCUT2D eigenvalue weighted by molar-refractivity contribution is 0.412. The highest BCUT2D eigenvalue weighted by atomic mass is 16.5. The van der Waals surface area contributed by atoms with Crippen LogP contribution in [0.25, 0.3) is 16.7 Å². The van der Waals surface area contributed by atoms with Crippen LogP contribution in [0.4, 0.5) is 11.5 Å². The molecule has 0 saturated carbocycles. The number of ether oxygens (including phenoxy) is 1. The molecule has 0 radical (unpaired) electrons. The molecule has 3 heterocycles. The van der Waals surface area contributed by atoms with E-state index in [-0.39, 0.29) is 6.04 Å². The van der Waals surface area contributed by atoms with E-state index in [4.69, 9.17) is 4.74 Å². The molecule has 1 saturated heterocycles. The second-order valence-corrected chi connectivity index (χ2v) is 7.49. The Kier molecular flexibility index (Phi) is 4.71. The number of anilines is 2. The number of para-hydroxylation sites is 3. The molecule has 5 rings (SSSR count). The van der Waals surface area contributed by atoms with E-state index in [1.54, 1.807) is 13.4 Å². The lowest BCUT2D eigenvalue weighted by Gasteiger charge is -2.42. The van der Waals surface area contributed by atoms with Crippen molar-refractivity contribution >= 4 is 22.5 Å². The Balaban J connectivity index is 1.45. The molecule has 152 valence electrons. The van der Waals surface area contributed by atoms with E-state index in [2.05, 4.69) is 43.9 Å². The zero-order chi connectivity index (χ0) is 20.5. The fourth-order valence-electron chi connectivity index (χ4n) is 4.20. The van der Waals surface area contributed by atoms with Gasteiger partial charge in [0.25, 0.3) is 0 Å². The van der Waals surface area contributed by atoms with Gasteiger partial charge in [-0.2, -0.15) is 5.10 Å². The Morgan fingerprint density at radius 2 is 1.77 bits per heavy atom. The summed E-state index contributed by atoms with van der Waals surface area (Å²) in [5.41, 5.74) is 2.95. The molecule has 7 heteroatoms. The van der Waals surface area contributed by atoms with E-state index in [1.807, 2.05) is 53.3 Å². The molecular formula is C23H24N6O. The summed E-state index contributed by atoms with van der Waals surface area (Å²) in [6.07, 6.45) is 3.51. The smallest absolute Gasteiger partial charge is 0.168 e. The van der Waals surface area contributed by atoms with Crippen molar-refractivity contribution in [2.75, 3.05) is 36.5 Å². The van der Waals surface area contributed by atoms with Crippen molar-refractivity contribution < 1.29 is 4.74 Å². The van der Waals surface area contributed by atoms with Crippen LogP contribution in [0.2, 0.25) is 0 Å². The Labute approximate surface area is 175 Å². The second kappa shape index (κ2) is 7.67. The molecule has 2 aromatic carbocycles. The first-order valence-corrected chi connectivity index (χ1v) is 10.1. The van der Waals surface area contributed by atoms with Crippen molar-refractivity contribution in [3.8, 4) is 11.4 Å². The fourth-order valence-corrected chi connectivity index (χ4v) is 4.20. The molecule has 7 nitrogen and oxygen atoms in total.